The van der Waals surface area contributed by atoms with Crippen LogP contribution in [0.15, 0.2) is 30.5 Å². The molecular weight excluding hydrogens is 281 g/mol. The van der Waals surface area contributed by atoms with Crippen LogP contribution in [0.4, 0.5) is 18.9 Å². The van der Waals surface area contributed by atoms with Gasteiger partial charge >= 0.3 is 6.18 Å². The minimum Gasteiger partial charge on any atom is -0.455 e. The molecule has 2 aromatic rings. The summed E-state index contributed by atoms with van der Waals surface area (Å²) in [7, 11) is 0. The second-order valence-electron chi connectivity index (χ2n) is 4.99. The molecular formula is C15H13F3N2O. The number of nitrogen functional groups attached to an aromatic ring is 1. The molecule has 0 saturated heterocycles. The standard InChI is InChI=1S/C15H13F3N2O/c16-15(17,18)14-7-13(12(19)8-20-14)21-11-5-4-9-2-1-3-10(9)6-11/h4-8H,1-3,19H2. The second kappa shape index (κ2) is 4.95. The average molecular weight is 294 g/mol. The molecule has 6 heteroatoms. The Hall–Kier alpha value is -2.24. The van der Waals surface area contributed by atoms with E-state index in [4.69, 9.17) is 10.5 Å². The Kier molecular flexibility index (Phi) is 3.23. The summed E-state index contributed by atoms with van der Waals surface area (Å²) >= 11 is 0. The number of alkyl halides is 3. The van der Waals surface area contributed by atoms with Gasteiger partial charge in [-0.2, -0.15) is 13.2 Å². The lowest BCUT2D eigenvalue weighted by atomic mass is 10.1. The highest BCUT2D eigenvalue weighted by atomic mass is 19.4. The van der Waals surface area contributed by atoms with Crippen LogP contribution in [0, 0.1) is 0 Å². The average Bonchev–Trinajstić information content (AvgIpc) is 2.87. The summed E-state index contributed by atoms with van der Waals surface area (Å²) in [4.78, 5) is 3.28. The maximum absolute atomic E-state index is 12.7. The van der Waals surface area contributed by atoms with Crippen molar-refractivity contribution < 1.29 is 17.9 Å². The molecule has 0 amide bonds. The molecule has 1 aliphatic carbocycles. The molecule has 0 unspecified atom stereocenters. The van der Waals surface area contributed by atoms with E-state index in [9.17, 15) is 13.2 Å². The van der Waals surface area contributed by atoms with Crippen LogP contribution in [0.3, 0.4) is 0 Å². The molecule has 21 heavy (non-hydrogen) atoms. The summed E-state index contributed by atoms with van der Waals surface area (Å²) in [6.45, 7) is 0. The number of fused-ring (bicyclic) bond motifs is 1. The van der Waals surface area contributed by atoms with Crippen molar-refractivity contribution >= 4 is 5.69 Å². The van der Waals surface area contributed by atoms with Crippen molar-refractivity contribution in [2.24, 2.45) is 0 Å². The lowest BCUT2D eigenvalue weighted by Gasteiger charge is -2.12. The first-order valence-electron chi connectivity index (χ1n) is 6.56. The molecule has 0 fully saturated rings. The topological polar surface area (TPSA) is 48.1 Å². The van der Waals surface area contributed by atoms with Gasteiger partial charge in [0.1, 0.15) is 11.4 Å². The summed E-state index contributed by atoms with van der Waals surface area (Å²) in [5.74, 6) is 0.456. The molecule has 0 aliphatic heterocycles. The van der Waals surface area contributed by atoms with E-state index in [1.165, 1.54) is 11.1 Å². The van der Waals surface area contributed by atoms with Gasteiger partial charge in [-0.3, -0.25) is 0 Å². The highest BCUT2D eigenvalue weighted by molar-refractivity contribution is 5.53. The highest BCUT2D eigenvalue weighted by Gasteiger charge is 2.33. The first kappa shape index (κ1) is 13.7. The molecule has 110 valence electrons. The molecule has 0 radical (unpaired) electrons. The number of aromatic nitrogens is 1. The molecule has 0 saturated carbocycles. The maximum Gasteiger partial charge on any atom is 0.433 e. The van der Waals surface area contributed by atoms with E-state index in [0.29, 0.717) is 5.75 Å². The third-order valence-electron chi connectivity index (χ3n) is 3.48. The van der Waals surface area contributed by atoms with E-state index in [-0.39, 0.29) is 11.4 Å². The monoisotopic (exact) mass is 294 g/mol. The van der Waals surface area contributed by atoms with E-state index in [1.807, 2.05) is 12.1 Å². The highest BCUT2D eigenvalue weighted by Crippen LogP contribution is 2.35. The fraction of sp³-hybridized carbons (Fsp3) is 0.267. The Morgan fingerprint density at radius 1 is 1.10 bits per heavy atom. The fourth-order valence-corrected chi connectivity index (χ4v) is 2.43. The number of hydrogen-bond donors (Lipinski definition) is 1. The van der Waals surface area contributed by atoms with Gasteiger partial charge in [0.2, 0.25) is 0 Å². The molecule has 0 spiro atoms. The maximum atomic E-state index is 12.7. The SMILES string of the molecule is Nc1cnc(C(F)(F)F)cc1Oc1ccc2c(c1)CCC2. The van der Waals surface area contributed by atoms with Gasteiger partial charge < -0.3 is 10.5 Å². The fourth-order valence-electron chi connectivity index (χ4n) is 2.43. The van der Waals surface area contributed by atoms with Crippen LogP contribution in [0.25, 0.3) is 0 Å². The first-order valence-corrected chi connectivity index (χ1v) is 6.56. The van der Waals surface area contributed by atoms with Crippen molar-refractivity contribution in [2.45, 2.75) is 25.4 Å². The van der Waals surface area contributed by atoms with Crippen LogP contribution in [0.1, 0.15) is 23.2 Å². The Bertz CT molecular complexity index is 683. The van der Waals surface area contributed by atoms with Crippen molar-refractivity contribution in [3.63, 3.8) is 0 Å². The number of pyridine rings is 1. The molecule has 1 aromatic carbocycles. The quantitative estimate of drug-likeness (QED) is 0.912. The van der Waals surface area contributed by atoms with Gasteiger partial charge in [0.05, 0.1) is 11.9 Å². The zero-order chi connectivity index (χ0) is 15.0. The van der Waals surface area contributed by atoms with Crippen molar-refractivity contribution in [2.75, 3.05) is 5.73 Å². The van der Waals surface area contributed by atoms with Gasteiger partial charge in [-0.15, -0.1) is 0 Å². The van der Waals surface area contributed by atoms with Crippen molar-refractivity contribution in [3.05, 3.63) is 47.3 Å². The number of hydrogen-bond acceptors (Lipinski definition) is 3. The van der Waals surface area contributed by atoms with Crippen LogP contribution < -0.4 is 10.5 Å². The number of benzene rings is 1. The van der Waals surface area contributed by atoms with Gasteiger partial charge in [-0.1, -0.05) is 6.07 Å². The zero-order valence-electron chi connectivity index (χ0n) is 11.1. The van der Waals surface area contributed by atoms with Crippen LogP contribution >= 0.6 is 0 Å². The molecule has 3 nitrogen and oxygen atoms in total. The van der Waals surface area contributed by atoms with Crippen LogP contribution in [0.5, 0.6) is 11.5 Å². The summed E-state index contributed by atoms with van der Waals surface area (Å²) in [5, 5.41) is 0. The van der Waals surface area contributed by atoms with E-state index >= 15 is 0 Å². The van der Waals surface area contributed by atoms with E-state index in [0.717, 1.165) is 31.5 Å². The molecule has 1 heterocycles. The number of anilines is 1. The van der Waals surface area contributed by atoms with Crippen LogP contribution in [-0.4, -0.2) is 4.98 Å². The minimum absolute atomic E-state index is 0.0322. The van der Waals surface area contributed by atoms with Gasteiger partial charge in [0, 0.05) is 6.07 Å². The normalized spacial score (nSPS) is 14.0. The number of halogens is 3. The molecule has 1 aliphatic rings. The van der Waals surface area contributed by atoms with Crippen molar-refractivity contribution in [1.29, 1.82) is 0 Å². The predicted octanol–water partition coefficient (Wildman–Crippen LogP) is 3.96. The number of nitrogens with two attached hydrogens (primary N) is 1. The van der Waals surface area contributed by atoms with Crippen molar-refractivity contribution in [3.8, 4) is 11.5 Å². The zero-order valence-corrected chi connectivity index (χ0v) is 11.1. The minimum atomic E-state index is -4.52. The van der Waals surface area contributed by atoms with E-state index in [1.54, 1.807) is 6.07 Å². The van der Waals surface area contributed by atoms with E-state index in [2.05, 4.69) is 4.98 Å². The Labute approximate surface area is 119 Å². The Morgan fingerprint density at radius 2 is 1.86 bits per heavy atom. The molecule has 3 rings (SSSR count). The van der Waals surface area contributed by atoms with Gasteiger partial charge in [-0.25, -0.2) is 4.98 Å². The number of rotatable bonds is 2. The number of aryl methyl sites for hydroxylation is 2. The lowest BCUT2D eigenvalue weighted by Crippen LogP contribution is -2.08. The van der Waals surface area contributed by atoms with Crippen LogP contribution in [-0.2, 0) is 19.0 Å². The largest absolute Gasteiger partial charge is 0.455 e. The number of ether oxygens (including phenoxy) is 1. The molecule has 0 atom stereocenters. The Balaban J connectivity index is 1.91. The van der Waals surface area contributed by atoms with Gasteiger partial charge in [-0.05, 0) is 42.5 Å². The van der Waals surface area contributed by atoms with Gasteiger partial charge in [0.25, 0.3) is 0 Å². The summed E-state index contributed by atoms with van der Waals surface area (Å²) in [6.07, 6.45) is -0.471. The molecule has 0 bridgehead atoms. The number of nitrogens with zero attached hydrogens (tertiary/aromatic N) is 1. The summed E-state index contributed by atoms with van der Waals surface area (Å²) in [5.41, 5.74) is 7.13. The third kappa shape index (κ3) is 2.79. The summed E-state index contributed by atoms with van der Waals surface area (Å²) < 4.78 is 43.5. The Morgan fingerprint density at radius 3 is 2.62 bits per heavy atom. The lowest BCUT2D eigenvalue weighted by molar-refractivity contribution is -0.141. The third-order valence-corrected chi connectivity index (χ3v) is 3.48. The van der Waals surface area contributed by atoms with Crippen molar-refractivity contribution in [1.82, 2.24) is 4.98 Å². The molecule has 2 N–H and O–H groups in total. The predicted molar refractivity (Wildman–Crippen MR) is 72.2 cm³/mol. The second-order valence-corrected chi connectivity index (χ2v) is 4.99. The van der Waals surface area contributed by atoms with E-state index < -0.39 is 11.9 Å². The smallest absolute Gasteiger partial charge is 0.433 e. The summed E-state index contributed by atoms with van der Waals surface area (Å²) in [6, 6.07) is 6.37. The first-order chi connectivity index (χ1) is 9.93. The van der Waals surface area contributed by atoms with Gasteiger partial charge in [0.15, 0.2) is 5.75 Å². The molecule has 1 aromatic heterocycles. The van der Waals surface area contributed by atoms with Crippen LogP contribution in [0.2, 0.25) is 0 Å².